The Bertz CT molecular complexity index is 1320. The van der Waals surface area contributed by atoms with Crippen LogP contribution in [0.25, 0.3) is 16.5 Å². The molecular formula is C21H21N7O3S. The maximum Gasteiger partial charge on any atom is 0.307 e. The Morgan fingerprint density at radius 2 is 2.09 bits per heavy atom. The summed E-state index contributed by atoms with van der Waals surface area (Å²) in [6, 6.07) is 3.69. The number of hydrogen-bond donors (Lipinski definition) is 0. The van der Waals surface area contributed by atoms with Gasteiger partial charge in [-0.25, -0.2) is 0 Å². The number of hydrogen-bond acceptors (Lipinski definition) is 8. The molecule has 0 N–H and O–H groups in total. The molecule has 4 bridgehead atoms. The van der Waals surface area contributed by atoms with Gasteiger partial charge in [0.2, 0.25) is 10.8 Å². The highest BCUT2D eigenvalue weighted by atomic mass is 32.1. The summed E-state index contributed by atoms with van der Waals surface area (Å²) in [5.74, 6) is 2.56. The lowest BCUT2D eigenvalue weighted by Crippen LogP contribution is -2.57. The Balaban J connectivity index is 1.23. The topological polar surface area (TPSA) is 117 Å². The van der Waals surface area contributed by atoms with Crippen LogP contribution in [0.2, 0.25) is 0 Å². The van der Waals surface area contributed by atoms with Crippen molar-refractivity contribution in [2.75, 3.05) is 0 Å². The first-order valence-corrected chi connectivity index (χ1v) is 11.8. The van der Waals surface area contributed by atoms with E-state index in [4.69, 9.17) is 9.52 Å². The van der Waals surface area contributed by atoms with Crippen LogP contribution in [-0.2, 0) is 12.0 Å². The zero-order valence-electron chi connectivity index (χ0n) is 17.3. The van der Waals surface area contributed by atoms with Gasteiger partial charge in [-0.3, -0.25) is 14.8 Å². The fourth-order valence-electron chi connectivity index (χ4n) is 7.15. The molecule has 4 heterocycles. The molecule has 4 aliphatic rings. The Hall–Kier alpha value is -3.08. The van der Waals surface area contributed by atoms with E-state index in [1.807, 2.05) is 16.8 Å². The van der Waals surface area contributed by atoms with E-state index in [-0.39, 0.29) is 21.6 Å². The van der Waals surface area contributed by atoms with Gasteiger partial charge in [-0.15, -0.1) is 10.2 Å². The Labute approximate surface area is 186 Å². The zero-order valence-corrected chi connectivity index (χ0v) is 18.1. The maximum absolute atomic E-state index is 11.2. The number of aromatic nitrogens is 6. The molecule has 11 heteroatoms. The molecule has 4 aliphatic carbocycles. The standard InChI is InChI=1S/C21H21N7O3S/c29-28(30)15-10-22-26(11-15)21-7-13-4-14(8-21)6-20(5-13,12-21)9-17-25-27-18(16-2-1-3-31-16)23-24-19(27)32-17/h1-3,10-11,13-14H,4-9,12H2/t13-,14-,20?,21?/m1/s1. The van der Waals surface area contributed by atoms with Gasteiger partial charge >= 0.3 is 5.69 Å². The number of nitro groups is 1. The van der Waals surface area contributed by atoms with Crippen LogP contribution >= 0.6 is 11.3 Å². The summed E-state index contributed by atoms with van der Waals surface area (Å²) in [6.07, 6.45) is 12.3. The van der Waals surface area contributed by atoms with E-state index in [1.165, 1.54) is 25.5 Å². The molecule has 8 rings (SSSR count). The summed E-state index contributed by atoms with van der Waals surface area (Å²) in [4.78, 5) is 11.7. The summed E-state index contributed by atoms with van der Waals surface area (Å²) < 4.78 is 9.20. The first-order valence-electron chi connectivity index (χ1n) is 11.0. The van der Waals surface area contributed by atoms with Crippen molar-refractivity contribution in [1.82, 2.24) is 29.6 Å². The minimum Gasteiger partial charge on any atom is -0.461 e. The average molecular weight is 452 g/mol. The third-order valence-electron chi connectivity index (χ3n) is 7.72. The van der Waals surface area contributed by atoms with Crippen LogP contribution < -0.4 is 0 Å². The fourth-order valence-corrected chi connectivity index (χ4v) is 8.16. The normalized spacial score (nSPS) is 31.0. The van der Waals surface area contributed by atoms with Crippen molar-refractivity contribution in [3.05, 3.63) is 45.9 Å². The van der Waals surface area contributed by atoms with E-state index in [9.17, 15) is 10.1 Å². The monoisotopic (exact) mass is 451 g/mol. The highest BCUT2D eigenvalue weighted by molar-refractivity contribution is 7.16. The largest absolute Gasteiger partial charge is 0.461 e. The summed E-state index contributed by atoms with van der Waals surface area (Å²) in [6.45, 7) is 0. The molecule has 0 radical (unpaired) electrons. The van der Waals surface area contributed by atoms with Gasteiger partial charge in [0, 0.05) is 6.42 Å². The van der Waals surface area contributed by atoms with Crippen molar-refractivity contribution < 1.29 is 9.34 Å². The van der Waals surface area contributed by atoms with Crippen LogP contribution in [0.3, 0.4) is 0 Å². The minimum absolute atomic E-state index is 0.0777. The molecule has 0 amide bonds. The molecule has 0 unspecified atom stereocenters. The van der Waals surface area contributed by atoms with Crippen molar-refractivity contribution in [1.29, 1.82) is 0 Å². The van der Waals surface area contributed by atoms with Crippen molar-refractivity contribution in [3.8, 4) is 11.6 Å². The SMILES string of the molecule is O=[N+]([O-])c1cnn(C23C[C@@H]4C[C@H](CC(Cc5nn6c(-c7ccco7)nnc6s5)(C4)C2)C3)c1. The van der Waals surface area contributed by atoms with Crippen LogP contribution in [0.1, 0.15) is 43.5 Å². The van der Waals surface area contributed by atoms with Gasteiger partial charge in [-0.05, 0) is 67.9 Å². The average Bonchev–Trinajstić information content (AvgIpc) is 3.50. The molecule has 4 fully saturated rings. The number of nitrogens with zero attached hydrogens (tertiary/aromatic N) is 7. The molecule has 4 saturated carbocycles. The van der Waals surface area contributed by atoms with Crippen LogP contribution in [0.5, 0.6) is 0 Å². The Morgan fingerprint density at radius 1 is 1.25 bits per heavy atom. The predicted octanol–water partition coefficient (Wildman–Crippen LogP) is 4.09. The Morgan fingerprint density at radius 3 is 2.81 bits per heavy atom. The van der Waals surface area contributed by atoms with Crippen molar-refractivity contribution in [2.24, 2.45) is 17.3 Å². The molecular weight excluding hydrogens is 430 g/mol. The molecule has 0 aromatic carbocycles. The van der Waals surface area contributed by atoms with Gasteiger partial charge in [0.05, 0.1) is 16.7 Å². The van der Waals surface area contributed by atoms with Crippen molar-refractivity contribution in [3.63, 3.8) is 0 Å². The lowest BCUT2D eigenvalue weighted by Gasteiger charge is -2.62. The van der Waals surface area contributed by atoms with Crippen LogP contribution in [0, 0.1) is 27.4 Å². The van der Waals surface area contributed by atoms with Gasteiger partial charge in [0.1, 0.15) is 17.4 Å². The van der Waals surface area contributed by atoms with E-state index < -0.39 is 0 Å². The zero-order chi connectivity index (χ0) is 21.5. The molecule has 0 spiro atoms. The highest BCUT2D eigenvalue weighted by Crippen LogP contribution is 2.65. The van der Waals surface area contributed by atoms with Gasteiger partial charge in [0.15, 0.2) is 5.76 Å². The first kappa shape index (κ1) is 18.5. The van der Waals surface area contributed by atoms with E-state index >= 15 is 0 Å². The van der Waals surface area contributed by atoms with Crippen molar-refractivity contribution >= 4 is 22.0 Å². The summed E-state index contributed by atoms with van der Waals surface area (Å²) in [5.41, 5.74) is 0.115. The first-order chi connectivity index (χ1) is 15.5. The minimum atomic E-state index is -0.351. The molecule has 4 aromatic heterocycles. The molecule has 0 saturated heterocycles. The van der Waals surface area contributed by atoms with E-state index in [0.29, 0.717) is 23.4 Å². The van der Waals surface area contributed by atoms with Crippen molar-refractivity contribution in [2.45, 2.75) is 50.5 Å². The number of rotatable bonds is 5. The Kier molecular flexibility index (Phi) is 3.61. The third-order valence-corrected chi connectivity index (χ3v) is 8.62. The summed E-state index contributed by atoms with van der Waals surface area (Å²) >= 11 is 1.59. The molecule has 2 atom stereocenters. The second kappa shape index (κ2) is 6.25. The lowest BCUT2D eigenvalue weighted by atomic mass is 9.46. The van der Waals surface area contributed by atoms with Crippen LogP contribution in [0.4, 0.5) is 5.69 Å². The molecule has 10 nitrogen and oxygen atoms in total. The quantitative estimate of drug-likeness (QED) is 0.331. The maximum atomic E-state index is 11.2. The predicted molar refractivity (Wildman–Crippen MR) is 114 cm³/mol. The third kappa shape index (κ3) is 2.63. The molecule has 164 valence electrons. The van der Waals surface area contributed by atoms with Crippen LogP contribution in [-0.4, -0.2) is 34.5 Å². The van der Waals surface area contributed by atoms with Gasteiger partial charge in [-0.2, -0.15) is 14.7 Å². The van der Waals surface area contributed by atoms with Crippen LogP contribution in [0.15, 0.2) is 35.2 Å². The van der Waals surface area contributed by atoms with Gasteiger partial charge in [-0.1, -0.05) is 11.3 Å². The molecule has 0 aliphatic heterocycles. The second-order valence-corrected chi connectivity index (χ2v) is 11.0. The van der Waals surface area contributed by atoms with E-state index in [2.05, 4.69) is 15.3 Å². The highest BCUT2D eigenvalue weighted by Gasteiger charge is 2.59. The number of furan rings is 1. The molecule has 4 aromatic rings. The molecule has 32 heavy (non-hydrogen) atoms. The number of fused-ring (bicyclic) bond motifs is 1. The van der Waals surface area contributed by atoms with E-state index in [1.54, 1.807) is 28.3 Å². The summed E-state index contributed by atoms with van der Waals surface area (Å²) in [7, 11) is 0. The second-order valence-electron chi connectivity index (χ2n) is 9.95. The fraction of sp³-hybridized carbons (Fsp3) is 0.524. The smallest absolute Gasteiger partial charge is 0.307 e. The van der Waals surface area contributed by atoms with E-state index in [0.717, 1.165) is 35.7 Å². The van der Waals surface area contributed by atoms with Gasteiger partial charge in [0.25, 0.3) is 0 Å². The lowest BCUT2D eigenvalue weighted by molar-refractivity contribution is -0.385. The van der Waals surface area contributed by atoms with Gasteiger partial charge < -0.3 is 4.42 Å². The summed E-state index contributed by atoms with van der Waals surface area (Å²) in [5, 5.41) is 30.2.